The van der Waals surface area contributed by atoms with Gasteiger partial charge in [0.2, 0.25) is 0 Å². The second kappa shape index (κ2) is 6.63. The number of hydrogen-bond donors (Lipinski definition) is 1. The van der Waals surface area contributed by atoms with Gasteiger partial charge in [0.25, 0.3) is 0 Å². The van der Waals surface area contributed by atoms with Gasteiger partial charge in [0.15, 0.2) is 5.82 Å². The van der Waals surface area contributed by atoms with Crippen LogP contribution in [0.3, 0.4) is 0 Å². The van der Waals surface area contributed by atoms with E-state index in [1.165, 1.54) is 43.4 Å². The van der Waals surface area contributed by atoms with Gasteiger partial charge in [-0.05, 0) is 98.9 Å². The normalized spacial score (nSPS) is 42.0. The van der Waals surface area contributed by atoms with Gasteiger partial charge in [-0.15, -0.1) is 0 Å². The molecule has 1 aromatic carbocycles. The van der Waals surface area contributed by atoms with Crippen molar-refractivity contribution in [1.82, 2.24) is 9.97 Å². The summed E-state index contributed by atoms with van der Waals surface area (Å²) >= 11 is 0. The van der Waals surface area contributed by atoms with Crippen molar-refractivity contribution in [3.8, 4) is 11.4 Å². The lowest BCUT2D eigenvalue weighted by molar-refractivity contribution is -0.0951. The van der Waals surface area contributed by atoms with Crippen LogP contribution in [0.25, 0.3) is 11.4 Å². The zero-order chi connectivity index (χ0) is 20.5. The summed E-state index contributed by atoms with van der Waals surface area (Å²) < 4.78 is 0. The summed E-state index contributed by atoms with van der Waals surface area (Å²) in [6, 6.07) is 10.4. The number of hydrogen-bond acceptors (Lipinski definition) is 3. The Labute approximate surface area is 180 Å². The first kappa shape index (κ1) is 19.0. The first-order valence-corrected chi connectivity index (χ1v) is 12.1. The summed E-state index contributed by atoms with van der Waals surface area (Å²) in [5, 5.41) is 10.9. The van der Waals surface area contributed by atoms with Crippen LogP contribution in [0.5, 0.6) is 0 Å². The van der Waals surface area contributed by atoms with Crippen molar-refractivity contribution in [2.75, 3.05) is 0 Å². The first-order valence-electron chi connectivity index (χ1n) is 12.1. The fraction of sp³-hybridized carbons (Fsp3) is 0.630. The lowest BCUT2D eigenvalue weighted by Crippen LogP contribution is -2.53. The minimum atomic E-state index is -0.422. The van der Waals surface area contributed by atoms with Crippen molar-refractivity contribution in [3.05, 3.63) is 47.8 Å². The van der Waals surface area contributed by atoms with Crippen LogP contribution in [0.1, 0.15) is 63.6 Å². The average Bonchev–Trinajstić information content (AvgIpc) is 3.07. The third-order valence-electron chi connectivity index (χ3n) is 9.78. The number of aromatic nitrogens is 2. The molecule has 4 aliphatic rings. The summed E-state index contributed by atoms with van der Waals surface area (Å²) in [5.74, 6) is 4.50. The predicted octanol–water partition coefficient (Wildman–Crippen LogP) is 5.46. The highest BCUT2D eigenvalue weighted by Gasteiger charge is 2.58. The molecule has 158 valence electrons. The molecule has 1 aromatic heterocycles. The van der Waals surface area contributed by atoms with Gasteiger partial charge in [-0.25, -0.2) is 9.97 Å². The lowest BCUT2D eigenvalue weighted by atomic mass is 9.47. The number of benzene rings is 1. The molecule has 7 atom stereocenters. The highest BCUT2D eigenvalue weighted by Crippen LogP contribution is 2.63. The smallest absolute Gasteiger partial charge is 0.159 e. The Kier molecular flexibility index (Phi) is 4.19. The molecule has 7 unspecified atom stereocenters. The molecule has 1 heterocycles. The number of aliphatic hydroxyl groups is 1. The quantitative estimate of drug-likeness (QED) is 0.689. The first-order chi connectivity index (χ1) is 14.5. The predicted molar refractivity (Wildman–Crippen MR) is 119 cm³/mol. The van der Waals surface area contributed by atoms with E-state index in [9.17, 15) is 5.11 Å². The SMILES string of the molecule is CC1(O)CCC2C3CCC4Cc5nc(-c6ccccc6)ncc5CC4(C)C3CCC21. The van der Waals surface area contributed by atoms with Crippen molar-refractivity contribution in [1.29, 1.82) is 0 Å². The molecule has 6 rings (SSSR count). The van der Waals surface area contributed by atoms with Crippen LogP contribution in [0.15, 0.2) is 36.5 Å². The van der Waals surface area contributed by atoms with Crippen molar-refractivity contribution < 1.29 is 5.11 Å². The molecule has 0 spiro atoms. The van der Waals surface area contributed by atoms with Gasteiger partial charge in [-0.3, -0.25) is 0 Å². The molecule has 3 heteroatoms. The standard InChI is InChI=1S/C27H34N2O/c1-26-15-18-16-28-25(17-6-4-3-5-7-17)29-24(18)14-19(26)8-9-20-21-12-13-27(2,30)23(21)11-10-22(20)26/h3-7,16,19-23,30H,8-15H2,1-2H3. The molecule has 4 aliphatic carbocycles. The Morgan fingerprint density at radius 1 is 0.933 bits per heavy atom. The molecule has 0 bridgehead atoms. The molecule has 30 heavy (non-hydrogen) atoms. The van der Waals surface area contributed by atoms with Crippen LogP contribution >= 0.6 is 0 Å². The van der Waals surface area contributed by atoms with Gasteiger partial charge in [-0.1, -0.05) is 37.3 Å². The lowest BCUT2D eigenvalue weighted by Gasteiger charge is -2.58. The van der Waals surface area contributed by atoms with Crippen molar-refractivity contribution >= 4 is 0 Å². The van der Waals surface area contributed by atoms with Crippen LogP contribution in [0.4, 0.5) is 0 Å². The molecule has 0 radical (unpaired) electrons. The van der Waals surface area contributed by atoms with Gasteiger partial charge in [0.1, 0.15) is 0 Å². The highest BCUT2D eigenvalue weighted by molar-refractivity contribution is 5.55. The van der Waals surface area contributed by atoms with Crippen LogP contribution < -0.4 is 0 Å². The van der Waals surface area contributed by atoms with Gasteiger partial charge in [0.05, 0.1) is 5.60 Å². The van der Waals surface area contributed by atoms with Gasteiger partial charge in [0, 0.05) is 17.5 Å². The van der Waals surface area contributed by atoms with Crippen LogP contribution in [0, 0.1) is 35.0 Å². The number of nitrogens with zero attached hydrogens (tertiary/aromatic N) is 2. The molecule has 1 N–H and O–H groups in total. The summed E-state index contributed by atoms with van der Waals surface area (Å²) in [7, 11) is 0. The second-order valence-electron chi connectivity index (χ2n) is 11.2. The molecule has 0 aliphatic heterocycles. The van der Waals surface area contributed by atoms with E-state index in [2.05, 4.69) is 44.3 Å². The van der Waals surface area contributed by atoms with E-state index in [4.69, 9.17) is 9.97 Å². The minimum Gasteiger partial charge on any atom is -0.390 e. The van der Waals surface area contributed by atoms with Crippen LogP contribution in [-0.2, 0) is 12.8 Å². The maximum Gasteiger partial charge on any atom is 0.159 e. The van der Waals surface area contributed by atoms with E-state index in [0.717, 1.165) is 54.3 Å². The van der Waals surface area contributed by atoms with E-state index in [1.807, 2.05) is 6.07 Å². The molecule has 0 saturated heterocycles. The minimum absolute atomic E-state index is 0.368. The van der Waals surface area contributed by atoms with E-state index < -0.39 is 5.60 Å². The monoisotopic (exact) mass is 402 g/mol. The van der Waals surface area contributed by atoms with E-state index in [1.54, 1.807) is 0 Å². The molecule has 3 saturated carbocycles. The molecule has 3 fully saturated rings. The Balaban J connectivity index is 1.31. The maximum atomic E-state index is 10.9. The molecular weight excluding hydrogens is 368 g/mol. The largest absolute Gasteiger partial charge is 0.390 e. The van der Waals surface area contributed by atoms with Gasteiger partial charge in [-0.2, -0.15) is 0 Å². The third-order valence-corrected chi connectivity index (χ3v) is 9.78. The maximum absolute atomic E-state index is 10.9. The average molecular weight is 403 g/mol. The van der Waals surface area contributed by atoms with E-state index in [0.29, 0.717) is 11.3 Å². The number of fused-ring (bicyclic) bond motifs is 6. The topological polar surface area (TPSA) is 46.0 Å². The zero-order valence-electron chi connectivity index (χ0n) is 18.3. The highest BCUT2D eigenvalue weighted by atomic mass is 16.3. The summed E-state index contributed by atoms with van der Waals surface area (Å²) in [6.07, 6.45) is 11.8. The van der Waals surface area contributed by atoms with Crippen LogP contribution in [0.2, 0.25) is 0 Å². The van der Waals surface area contributed by atoms with E-state index >= 15 is 0 Å². The fourth-order valence-corrected chi connectivity index (χ4v) is 8.22. The molecular formula is C27H34N2O. The summed E-state index contributed by atoms with van der Waals surface area (Å²) in [5.41, 5.74) is 3.74. The Hall–Kier alpha value is -1.74. The third kappa shape index (κ3) is 2.74. The Bertz CT molecular complexity index is 955. The molecule has 0 amide bonds. The second-order valence-corrected chi connectivity index (χ2v) is 11.2. The van der Waals surface area contributed by atoms with Crippen LogP contribution in [-0.4, -0.2) is 20.7 Å². The van der Waals surface area contributed by atoms with Crippen molar-refractivity contribution in [3.63, 3.8) is 0 Å². The number of rotatable bonds is 1. The zero-order valence-corrected chi connectivity index (χ0v) is 18.3. The Morgan fingerprint density at radius 3 is 2.53 bits per heavy atom. The van der Waals surface area contributed by atoms with E-state index in [-0.39, 0.29) is 0 Å². The molecule has 2 aromatic rings. The summed E-state index contributed by atoms with van der Waals surface area (Å²) in [4.78, 5) is 9.80. The summed E-state index contributed by atoms with van der Waals surface area (Å²) in [6.45, 7) is 4.68. The Morgan fingerprint density at radius 2 is 1.70 bits per heavy atom. The fourth-order valence-electron chi connectivity index (χ4n) is 8.22. The van der Waals surface area contributed by atoms with Crippen molar-refractivity contribution in [2.45, 2.75) is 70.8 Å². The van der Waals surface area contributed by atoms with Gasteiger partial charge >= 0.3 is 0 Å². The van der Waals surface area contributed by atoms with Crippen molar-refractivity contribution in [2.24, 2.45) is 35.0 Å². The van der Waals surface area contributed by atoms with Gasteiger partial charge < -0.3 is 5.11 Å². The molecule has 3 nitrogen and oxygen atoms in total.